The second-order valence-corrected chi connectivity index (χ2v) is 5.54. The predicted octanol–water partition coefficient (Wildman–Crippen LogP) is -0.292. The molecule has 0 radical (unpaired) electrons. The Bertz CT molecular complexity index is 662. The van der Waals surface area contributed by atoms with E-state index in [0.29, 0.717) is 0 Å². The summed E-state index contributed by atoms with van der Waals surface area (Å²) in [4.78, 5) is -0.253. The van der Waals surface area contributed by atoms with Gasteiger partial charge in [0.05, 0.1) is 11.4 Å². The molecular formula is C9H11FN6O2S. The number of tetrazole rings is 1. The van der Waals surface area contributed by atoms with Crippen molar-refractivity contribution in [3.63, 3.8) is 0 Å². The summed E-state index contributed by atoms with van der Waals surface area (Å²) in [6.45, 7) is 1.31. The number of aromatic nitrogens is 4. The Kier molecular flexibility index (Phi) is 3.44. The van der Waals surface area contributed by atoms with Crippen molar-refractivity contribution in [3.8, 4) is 0 Å². The van der Waals surface area contributed by atoms with Crippen LogP contribution in [0.1, 0.15) is 11.4 Å². The number of nitrogens with two attached hydrogens (primary N) is 1. The molecule has 2 aromatic rings. The summed E-state index contributed by atoms with van der Waals surface area (Å²) in [6, 6.07) is 2.10. The molecule has 0 spiro atoms. The van der Waals surface area contributed by atoms with Crippen LogP contribution < -0.4 is 10.5 Å². The van der Waals surface area contributed by atoms with Crippen LogP contribution in [0.15, 0.2) is 17.0 Å². The van der Waals surface area contributed by atoms with E-state index in [0.717, 1.165) is 6.07 Å². The summed E-state index contributed by atoms with van der Waals surface area (Å²) in [5.41, 5.74) is 5.81. The maximum Gasteiger partial charge on any atom is 0.241 e. The lowest BCUT2D eigenvalue weighted by Gasteiger charge is -2.08. The second-order valence-electron chi connectivity index (χ2n) is 3.77. The number of hydrogen-bond donors (Lipinski definition) is 3. The van der Waals surface area contributed by atoms with E-state index in [-0.39, 0.29) is 28.5 Å². The number of nitrogens with zero attached hydrogens (tertiary/aromatic N) is 3. The first kappa shape index (κ1) is 13.4. The molecule has 0 aliphatic rings. The predicted molar refractivity (Wildman–Crippen MR) is 63.8 cm³/mol. The Morgan fingerprint density at radius 1 is 1.47 bits per heavy atom. The molecule has 1 aromatic heterocycles. The van der Waals surface area contributed by atoms with Gasteiger partial charge in [0.1, 0.15) is 5.82 Å². The third kappa shape index (κ3) is 2.85. The SMILES string of the molecule is Cc1c(N)cc(S(=O)(=O)NCc2nn[nH]n2)cc1F. The molecule has 2 rings (SSSR count). The number of aromatic amines is 1. The van der Waals surface area contributed by atoms with Crippen molar-refractivity contribution in [2.75, 3.05) is 5.73 Å². The zero-order chi connectivity index (χ0) is 14.0. The van der Waals surface area contributed by atoms with Gasteiger partial charge in [-0.15, -0.1) is 10.2 Å². The van der Waals surface area contributed by atoms with Gasteiger partial charge in [0, 0.05) is 11.3 Å². The highest BCUT2D eigenvalue weighted by Gasteiger charge is 2.18. The van der Waals surface area contributed by atoms with E-state index < -0.39 is 15.8 Å². The molecule has 102 valence electrons. The van der Waals surface area contributed by atoms with Crippen molar-refractivity contribution in [2.45, 2.75) is 18.4 Å². The van der Waals surface area contributed by atoms with Crippen LogP contribution in [0.5, 0.6) is 0 Å². The van der Waals surface area contributed by atoms with Gasteiger partial charge in [0.2, 0.25) is 10.0 Å². The zero-order valence-corrected chi connectivity index (χ0v) is 10.7. The van der Waals surface area contributed by atoms with Crippen LogP contribution >= 0.6 is 0 Å². The number of H-pyrrole nitrogens is 1. The van der Waals surface area contributed by atoms with Gasteiger partial charge in [0.15, 0.2) is 5.82 Å². The fourth-order valence-electron chi connectivity index (χ4n) is 1.33. The summed E-state index contributed by atoms with van der Waals surface area (Å²) in [5, 5.41) is 12.6. The largest absolute Gasteiger partial charge is 0.398 e. The summed E-state index contributed by atoms with van der Waals surface area (Å²) in [7, 11) is -3.89. The lowest BCUT2D eigenvalue weighted by Crippen LogP contribution is -2.24. The number of nitrogen functional groups attached to an aromatic ring is 1. The molecule has 0 saturated heterocycles. The molecule has 0 atom stereocenters. The Labute approximate surface area is 108 Å². The summed E-state index contributed by atoms with van der Waals surface area (Å²) in [5.74, 6) is -0.510. The molecular weight excluding hydrogens is 275 g/mol. The van der Waals surface area contributed by atoms with Crippen molar-refractivity contribution in [2.24, 2.45) is 0 Å². The van der Waals surface area contributed by atoms with E-state index in [1.54, 1.807) is 0 Å². The highest BCUT2D eigenvalue weighted by atomic mass is 32.2. The Hall–Kier alpha value is -2.07. The van der Waals surface area contributed by atoms with Gasteiger partial charge in [0.25, 0.3) is 0 Å². The standard InChI is InChI=1S/C9H11FN6O2S/c1-5-7(10)2-6(3-8(5)11)19(17,18)12-4-9-13-15-16-14-9/h2-3,12H,4,11H2,1H3,(H,13,14,15,16). The molecule has 0 fully saturated rings. The van der Waals surface area contributed by atoms with E-state index in [4.69, 9.17) is 5.73 Å². The lowest BCUT2D eigenvalue weighted by atomic mass is 10.2. The molecule has 1 aromatic carbocycles. The van der Waals surface area contributed by atoms with E-state index in [1.165, 1.54) is 13.0 Å². The topological polar surface area (TPSA) is 127 Å². The molecule has 0 aliphatic carbocycles. The maximum absolute atomic E-state index is 13.5. The molecule has 10 heteroatoms. The van der Waals surface area contributed by atoms with Crippen LogP contribution in [0.2, 0.25) is 0 Å². The van der Waals surface area contributed by atoms with Crippen molar-refractivity contribution in [1.82, 2.24) is 25.3 Å². The fraction of sp³-hybridized carbons (Fsp3) is 0.222. The molecule has 0 aliphatic heterocycles. The van der Waals surface area contributed by atoms with Crippen LogP contribution in [0, 0.1) is 12.7 Å². The van der Waals surface area contributed by atoms with Crippen LogP contribution in [0.4, 0.5) is 10.1 Å². The fourth-order valence-corrected chi connectivity index (χ4v) is 2.36. The first-order valence-electron chi connectivity index (χ1n) is 5.18. The van der Waals surface area contributed by atoms with Crippen LogP contribution in [0.25, 0.3) is 0 Å². The molecule has 4 N–H and O–H groups in total. The van der Waals surface area contributed by atoms with Crippen LogP contribution in [-0.2, 0) is 16.6 Å². The number of benzene rings is 1. The minimum Gasteiger partial charge on any atom is -0.398 e. The van der Waals surface area contributed by atoms with Gasteiger partial charge in [-0.05, 0) is 19.1 Å². The first-order valence-corrected chi connectivity index (χ1v) is 6.66. The molecule has 1 heterocycles. The number of sulfonamides is 1. The lowest BCUT2D eigenvalue weighted by molar-refractivity contribution is 0.575. The summed E-state index contributed by atoms with van der Waals surface area (Å²) >= 11 is 0. The van der Waals surface area contributed by atoms with Crippen LogP contribution in [-0.4, -0.2) is 29.0 Å². The van der Waals surface area contributed by atoms with E-state index in [1.807, 2.05) is 0 Å². The van der Waals surface area contributed by atoms with Crippen molar-refractivity contribution in [1.29, 1.82) is 0 Å². The van der Waals surface area contributed by atoms with E-state index >= 15 is 0 Å². The Balaban J connectivity index is 2.24. The third-order valence-corrected chi connectivity index (χ3v) is 3.86. The minimum absolute atomic E-state index is 0.0694. The van der Waals surface area contributed by atoms with E-state index in [2.05, 4.69) is 25.3 Å². The number of halogens is 1. The minimum atomic E-state index is -3.89. The third-order valence-electron chi connectivity index (χ3n) is 2.48. The van der Waals surface area contributed by atoms with Gasteiger partial charge in [-0.3, -0.25) is 0 Å². The van der Waals surface area contributed by atoms with Gasteiger partial charge >= 0.3 is 0 Å². The smallest absolute Gasteiger partial charge is 0.241 e. The Morgan fingerprint density at radius 3 is 2.79 bits per heavy atom. The molecule has 0 amide bonds. The quantitative estimate of drug-likeness (QED) is 0.663. The number of hydrogen-bond acceptors (Lipinski definition) is 6. The molecule has 8 nitrogen and oxygen atoms in total. The molecule has 19 heavy (non-hydrogen) atoms. The van der Waals surface area contributed by atoms with E-state index in [9.17, 15) is 12.8 Å². The molecule has 0 unspecified atom stereocenters. The highest BCUT2D eigenvalue weighted by molar-refractivity contribution is 7.89. The van der Waals surface area contributed by atoms with Crippen molar-refractivity contribution in [3.05, 3.63) is 29.3 Å². The van der Waals surface area contributed by atoms with Gasteiger partial charge in [-0.2, -0.15) is 5.21 Å². The first-order chi connectivity index (χ1) is 8.90. The second kappa shape index (κ2) is 4.90. The van der Waals surface area contributed by atoms with Crippen molar-refractivity contribution < 1.29 is 12.8 Å². The normalized spacial score (nSPS) is 11.7. The molecule has 0 bridgehead atoms. The van der Waals surface area contributed by atoms with Gasteiger partial charge in [-0.1, -0.05) is 5.21 Å². The molecule has 0 saturated carbocycles. The van der Waals surface area contributed by atoms with Crippen LogP contribution in [0.3, 0.4) is 0 Å². The zero-order valence-electron chi connectivity index (χ0n) is 9.88. The van der Waals surface area contributed by atoms with Gasteiger partial charge < -0.3 is 5.73 Å². The summed E-state index contributed by atoms with van der Waals surface area (Å²) < 4.78 is 39.5. The van der Waals surface area contributed by atoms with Gasteiger partial charge in [-0.25, -0.2) is 17.5 Å². The number of nitrogens with one attached hydrogen (secondary N) is 2. The Morgan fingerprint density at radius 2 is 2.21 bits per heavy atom. The maximum atomic E-state index is 13.5. The average Bonchev–Trinajstić information content (AvgIpc) is 2.86. The monoisotopic (exact) mass is 286 g/mol. The summed E-state index contributed by atoms with van der Waals surface area (Å²) in [6.07, 6.45) is 0. The van der Waals surface area contributed by atoms with Crippen molar-refractivity contribution >= 4 is 15.7 Å². The number of anilines is 1. The highest BCUT2D eigenvalue weighted by Crippen LogP contribution is 2.20. The number of rotatable bonds is 4. The average molecular weight is 286 g/mol.